The van der Waals surface area contributed by atoms with Crippen LogP contribution in [0.25, 0.3) is 0 Å². The van der Waals surface area contributed by atoms with Crippen LogP contribution in [0.1, 0.15) is 13.3 Å². The van der Waals surface area contributed by atoms with E-state index in [1.807, 2.05) is 0 Å². The molecule has 15 heavy (non-hydrogen) atoms. The SMILES string of the molecule is COCCOCCNCC1CCOC1C. The number of rotatable bonds is 8. The van der Waals surface area contributed by atoms with Gasteiger partial charge in [0.25, 0.3) is 0 Å². The van der Waals surface area contributed by atoms with E-state index >= 15 is 0 Å². The first-order valence-corrected chi connectivity index (χ1v) is 5.73. The molecule has 0 bridgehead atoms. The lowest BCUT2D eigenvalue weighted by Gasteiger charge is -2.14. The number of hydrogen-bond acceptors (Lipinski definition) is 4. The van der Waals surface area contributed by atoms with Crippen LogP contribution < -0.4 is 5.32 Å². The smallest absolute Gasteiger partial charge is 0.0700 e. The summed E-state index contributed by atoms with van der Waals surface area (Å²) in [6.07, 6.45) is 1.59. The standard InChI is InChI=1S/C11H23NO3/c1-10-11(3-5-15-10)9-12-4-6-14-8-7-13-2/h10-12H,3-9H2,1-2H3. The quantitative estimate of drug-likeness (QED) is 0.606. The summed E-state index contributed by atoms with van der Waals surface area (Å²) in [6, 6.07) is 0. The fourth-order valence-corrected chi connectivity index (χ4v) is 1.72. The second-order valence-corrected chi connectivity index (χ2v) is 3.93. The summed E-state index contributed by atoms with van der Waals surface area (Å²) >= 11 is 0. The largest absolute Gasteiger partial charge is 0.382 e. The third kappa shape index (κ3) is 5.47. The number of methoxy groups -OCH3 is 1. The molecular formula is C11H23NO3. The zero-order valence-corrected chi connectivity index (χ0v) is 9.83. The Kier molecular flexibility index (Phi) is 6.92. The van der Waals surface area contributed by atoms with Crippen molar-refractivity contribution in [3.05, 3.63) is 0 Å². The van der Waals surface area contributed by atoms with E-state index in [9.17, 15) is 0 Å². The fourth-order valence-electron chi connectivity index (χ4n) is 1.72. The lowest BCUT2D eigenvalue weighted by Crippen LogP contribution is -2.29. The Morgan fingerprint density at radius 3 is 2.87 bits per heavy atom. The highest BCUT2D eigenvalue weighted by molar-refractivity contribution is 4.74. The van der Waals surface area contributed by atoms with Crippen LogP contribution in [-0.2, 0) is 14.2 Å². The predicted octanol–water partition coefficient (Wildman–Crippen LogP) is 0.664. The molecule has 1 saturated heterocycles. The molecule has 0 aromatic carbocycles. The average Bonchev–Trinajstić information content (AvgIpc) is 2.63. The molecular weight excluding hydrogens is 194 g/mol. The van der Waals surface area contributed by atoms with Crippen LogP contribution in [0.4, 0.5) is 0 Å². The summed E-state index contributed by atoms with van der Waals surface area (Å²) in [5, 5.41) is 3.39. The van der Waals surface area contributed by atoms with Crippen LogP contribution in [0, 0.1) is 5.92 Å². The number of nitrogens with one attached hydrogen (secondary N) is 1. The highest BCUT2D eigenvalue weighted by Crippen LogP contribution is 2.18. The number of hydrogen-bond donors (Lipinski definition) is 1. The first kappa shape index (κ1) is 12.9. The molecule has 2 atom stereocenters. The Morgan fingerprint density at radius 2 is 2.20 bits per heavy atom. The molecule has 90 valence electrons. The molecule has 0 spiro atoms. The van der Waals surface area contributed by atoms with Gasteiger partial charge in [-0.1, -0.05) is 0 Å². The summed E-state index contributed by atoms with van der Waals surface area (Å²) in [5.41, 5.74) is 0. The van der Waals surface area contributed by atoms with Gasteiger partial charge in [0.1, 0.15) is 0 Å². The Bertz CT molecular complexity index is 155. The van der Waals surface area contributed by atoms with Gasteiger partial charge in [0.15, 0.2) is 0 Å². The minimum Gasteiger partial charge on any atom is -0.382 e. The molecule has 1 aliphatic rings. The van der Waals surface area contributed by atoms with Gasteiger partial charge in [-0.25, -0.2) is 0 Å². The Hall–Kier alpha value is -0.160. The first-order valence-electron chi connectivity index (χ1n) is 5.73. The molecule has 0 saturated carbocycles. The van der Waals surface area contributed by atoms with Crippen LogP contribution >= 0.6 is 0 Å². The summed E-state index contributed by atoms with van der Waals surface area (Å²) < 4.78 is 15.7. The molecule has 2 unspecified atom stereocenters. The molecule has 0 aromatic heterocycles. The van der Waals surface area contributed by atoms with Crippen molar-refractivity contribution in [2.24, 2.45) is 5.92 Å². The first-order chi connectivity index (χ1) is 7.34. The van der Waals surface area contributed by atoms with Gasteiger partial charge >= 0.3 is 0 Å². The van der Waals surface area contributed by atoms with Crippen molar-refractivity contribution in [3.8, 4) is 0 Å². The maximum Gasteiger partial charge on any atom is 0.0700 e. The van der Waals surface area contributed by atoms with E-state index in [1.54, 1.807) is 7.11 Å². The van der Waals surface area contributed by atoms with Crippen LogP contribution in [0.5, 0.6) is 0 Å². The van der Waals surface area contributed by atoms with Crippen molar-refractivity contribution in [2.75, 3.05) is 46.6 Å². The predicted molar refractivity (Wildman–Crippen MR) is 59.1 cm³/mol. The molecule has 4 nitrogen and oxygen atoms in total. The highest BCUT2D eigenvalue weighted by Gasteiger charge is 2.23. The van der Waals surface area contributed by atoms with Gasteiger partial charge in [0.2, 0.25) is 0 Å². The lowest BCUT2D eigenvalue weighted by molar-refractivity contribution is 0.0706. The van der Waals surface area contributed by atoms with E-state index in [1.165, 1.54) is 6.42 Å². The zero-order chi connectivity index (χ0) is 10.9. The topological polar surface area (TPSA) is 39.7 Å². The van der Waals surface area contributed by atoms with E-state index in [0.717, 1.165) is 26.3 Å². The monoisotopic (exact) mass is 217 g/mol. The summed E-state index contributed by atoms with van der Waals surface area (Å²) in [5.74, 6) is 0.670. The summed E-state index contributed by atoms with van der Waals surface area (Å²) in [7, 11) is 1.68. The Morgan fingerprint density at radius 1 is 1.33 bits per heavy atom. The molecule has 1 heterocycles. The van der Waals surface area contributed by atoms with Crippen LogP contribution in [-0.4, -0.2) is 52.7 Å². The van der Waals surface area contributed by atoms with Crippen molar-refractivity contribution >= 4 is 0 Å². The van der Waals surface area contributed by atoms with Crippen molar-refractivity contribution in [1.29, 1.82) is 0 Å². The normalized spacial score (nSPS) is 26.0. The lowest BCUT2D eigenvalue weighted by atomic mass is 10.0. The van der Waals surface area contributed by atoms with Gasteiger partial charge in [-0.05, 0) is 19.3 Å². The zero-order valence-electron chi connectivity index (χ0n) is 9.83. The molecule has 0 aliphatic carbocycles. The third-order valence-electron chi connectivity index (χ3n) is 2.79. The summed E-state index contributed by atoms with van der Waals surface area (Å²) in [4.78, 5) is 0. The van der Waals surface area contributed by atoms with Crippen molar-refractivity contribution in [1.82, 2.24) is 5.32 Å². The highest BCUT2D eigenvalue weighted by atomic mass is 16.5. The van der Waals surface area contributed by atoms with Crippen LogP contribution in [0.15, 0.2) is 0 Å². The van der Waals surface area contributed by atoms with Gasteiger partial charge in [-0.2, -0.15) is 0 Å². The van der Waals surface area contributed by atoms with E-state index in [0.29, 0.717) is 25.2 Å². The second kappa shape index (κ2) is 8.05. The number of ether oxygens (including phenoxy) is 3. The van der Waals surface area contributed by atoms with E-state index < -0.39 is 0 Å². The van der Waals surface area contributed by atoms with Crippen molar-refractivity contribution in [2.45, 2.75) is 19.4 Å². The minimum atomic E-state index is 0.409. The van der Waals surface area contributed by atoms with E-state index in [-0.39, 0.29) is 0 Å². The minimum absolute atomic E-state index is 0.409. The van der Waals surface area contributed by atoms with Gasteiger partial charge < -0.3 is 19.5 Å². The van der Waals surface area contributed by atoms with Gasteiger partial charge in [-0.15, -0.1) is 0 Å². The molecule has 1 N–H and O–H groups in total. The second-order valence-electron chi connectivity index (χ2n) is 3.93. The molecule has 0 radical (unpaired) electrons. The molecule has 0 aromatic rings. The van der Waals surface area contributed by atoms with E-state index in [4.69, 9.17) is 14.2 Å². The van der Waals surface area contributed by atoms with Gasteiger partial charge in [-0.3, -0.25) is 0 Å². The van der Waals surface area contributed by atoms with Crippen LogP contribution in [0.2, 0.25) is 0 Å². The molecule has 1 rings (SSSR count). The third-order valence-corrected chi connectivity index (χ3v) is 2.79. The maximum absolute atomic E-state index is 5.49. The van der Waals surface area contributed by atoms with Gasteiger partial charge in [0.05, 0.1) is 25.9 Å². The molecule has 4 heteroatoms. The van der Waals surface area contributed by atoms with Crippen molar-refractivity contribution in [3.63, 3.8) is 0 Å². The molecule has 1 fully saturated rings. The fraction of sp³-hybridized carbons (Fsp3) is 1.00. The Labute approximate surface area is 92.3 Å². The maximum atomic E-state index is 5.49. The molecule has 0 amide bonds. The van der Waals surface area contributed by atoms with Crippen molar-refractivity contribution < 1.29 is 14.2 Å². The van der Waals surface area contributed by atoms with Gasteiger partial charge in [0, 0.05) is 26.8 Å². The average molecular weight is 217 g/mol. The summed E-state index contributed by atoms with van der Waals surface area (Å²) in [6.45, 7) is 7.12. The van der Waals surface area contributed by atoms with Crippen LogP contribution in [0.3, 0.4) is 0 Å². The molecule has 1 aliphatic heterocycles. The Balaban J connectivity index is 1.84. The van der Waals surface area contributed by atoms with E-state index in [2.05, 4.69) is 12.2 Å².